The van der Waals surface area contributed by atoms with Crippen molar-refractivity contribution >= 4 is 5.78 Å². The Morgan fingerprint density at radius 2 is 2.18 bits per heavy atom. The zero-order valence-corrected chi connectivity index (χ0v) is 6.33. The Labute approximate surface area is 65.8 Å². The van der Waals surface area contributed by atoms with E-state index in [9.17, 15) is 4.79 Å². The molecule has 2 heteroatoms. The van der Waals surface area contributed by atoms with Gasteiger partial charge in [0.2, 0.25) is 0 Å². The smallest absolute Gasteiger partial charge is 0.167 e. The average Bonchev–Trinajstić information content (AvgIpc) is 2.03. The van der Waals surface area contributed by atoms with Crippen LogP contribution in [-0.2, 0) is 4.79 Å². The molecule has 0 bridgehead atoms. The Morgan fingerprint density at radius 1 is 1.55 bits per heavy atom. The van der Waals surface area contributed by atoms with Crippen LogP contribution in [0.25, 0.3) is 0 Å². The van der Waals surface area contributed by atoms with Crippen LogP contribution in [0.2, 0.25) is 0 Å². The van der Waals surface area contributed by atoms with E-state index < -0.39 is 0 Å². The maximum Gasteiger partial charge on any atom is 0.167 e. The summed E-state index contributed by atoms with van der Waals surface area (Å²) in [5.41, 5.74) is 0. The van der Waals surface area contributed by atoms with Crippen molar-refractivity contribution in [2.24, 2.45) is 0 Å². The third-order valence-electron chi connectivity index (χ3n) is 1.13. The van der Waals surface area contributed by atoms with Gasteiger partial charge in [-0.1, -0.05) is 12.1 Å². The van der Waals surface area contributed by atoms with Crippen molar-refractivity contribution in [3.63, 3.8) is 0 Å². The third-order valence-corrected chi connectivity index (χ3v) is 1.13. The lowest BCUT2D eigenvalue weighted by atomic mass is 10.3. The number of ketones is 1. The van der Waals surface area contributed by atoms with Crippen molar-refractivity contribution in [2.75, 3.05) is 6.61 Å². The number of ether oxygens (including phenoxy) is 1. The van der Waals surface area contributed by atoms with Gasteiger partial charge in [0, 0.05) is 0 Å². The van der Waals surface area contributed by atoms with Crippen LogP contribution >= 0.6 is 0 Å². The molecule has 1 aromatic carbocycles. The summed E-state index contributed by atoms with van der Waals surface area (Å²) >= 11 is 0. The van der Waals surface area contributed by atoms with Crippen molar-refractivity contribution in [1.29, 1.82) is 0 Å². The van der Waals surface area contributed by atoms with Crippen LogP contribution in [0.3, 0.4) is 0 Å². The number of benzene rings is 1. The topological polar surface area (TPSA) is 26.3 Å². The number of carbonyl (C=O) groups is 1. The van der Waals surface area contributed by atoms with Crippen molar-refractivity contribution < 1.29 is 9.53 Å². The highest BCUT2D eigenvalue weighted by atomic mass is 16.5. The fraction of sp³-hybridized carbons (Fsp3) is 0.222. The van der Waals surface area contributed by atoms with Gasteiger partial charge in [-0.3, -0.25) is 4.79 Å². The van der Waals surface area contributed by atoms with Crippen molar-refractivity contribution in [3.05, 3.63) is 30.3 Å². The van der Waals surface area contributed by atoms with E-state index >= 15 is 0 Å². The largest absolute Gasteiger partial charge is 0.486 e. The summed E-state index contributed by atoms with van der Waals surface area (Å²) in [6, 6.07) is 9.88. The number of Topliss-reactive ketones (excluding diaryl/α,β-unsaturated/α-hetero) is 1. The Morgan fingerprint density at radius 3 is 2.73 bits per heavy atom. The Kier molecular flexibility index (Phi) is 2.66. The molecule has 0 aromatic heterocycles. The van der Waals surface area contributed by atoms with Crippen LogP contribution < -0.4 is 4.74 Å². The molecule has 0 N–H and O–H groups in total. The van der Waals surface area contributed by atoms with E-state index in [1.807, 2.05) is 0 Å². The van der Waals surface area contributed by atoms with Crippen LogP contribution in [-0.4, -0.2) is 12.4 Å². The van der Waals surface area contributed by atoms with E-state index in [2.05, 4.69) is 6.07 Å². The molecular formula is C9H9O2. The number of carbonyl (C=O) groups excluding carboxylic acids is 1. The van der Waals surface area contributed by atoms with Gasteiger partial charge in [0.15, 0.2) is 5.78 Å². The maximum absolute atomic E-state index is 10.5. The normalized spacial score (nSPS) is 9.18. The van der Waals surface area contributed by atoms with Gasteiger partial charge in [-0.2, -0.15) is 0 Å². The molecule has 0 saturated carbocycles. The molecule has 0 spiro atoms. The van der Waals surface area contributed by atoms with Gasteiger partial charge in [-0.05, 0) is 25.1 Å². The molecule has 0 aliphatic carbocycles. The van der Waals surface area contributed by atoms with Crippen molar-refractivity contribution in [2.45, 2.75) is 6.92 Å². The highest BCUT2D eigenvalue weighted by Crippen LogP contribution is 2.07. The summed E-state index contributed by atoms with van der Waals surface area (Å²) in [7, 11) is 0. The fourth-order valence-electron chi connectivity index (χ4n) is 0.653. The lowest BCUT2D eigenvalue weighted by molar-refractivity contribution is -0.118. The molecule has 1 radical (unpaired) electrons. The summed E-state index contributed by atoms with van der Waals surface area (Å²) in [5.74, 6) is 0.733. The van der Waals surface area contributed by atoms with Gasteiger partial charge in [0.1, 0.15) is 12.4 Å². The molecular weight excluding hydrogens is 140 g/mol. The molecule has 0 heterocycles. The summed E-state index contributed by atoms with van der Waals surface area (Å²) < 4.78 is 5.10. The van der Waals surface area contributed by atoms with Gasteiger partial charge in [0.05, 0.1) is 0 Å². The lowest BCUT2D eigenvalue weighted by Crippen LogP contribution is -2.06. The molecule has 11 heavy (non-hydrogen) atoms. The molecule has 0 aliphatic heterocycles. The molecule has 0 amide bonds. The lowest BCUT2D eigenvalue weighted by Gasteiger charge is -2.01. The molecule has 2 nitrogen and oxygen atoms in total. The second kappa shape index (κ2) is 3.76. The highest BCUT2D eigenvalue weighted by molar-refractivity contribution is 5.77. The van der Waals surface area contributed by atoms with Crippen LogP contribution in [0.4, 0.5) is 0 Å². The summed E-state index contributed by atoms with van der Waals surface area (Å²) in [6.45, 7) is 1.64. The minimum atomic E-state index is 0.0258. The SMILES string of the molecule is CC(=O)COc1cc[c]cc1. The first-order valence-electron chi connectivity index (χ1n) is 3.37. The molecule has 0 aliphatic rings. The van der Waals surface area contributed by atoms with E-state index in [-0.39, 0.29) is 12.4 Å². The monoisotopic (exact) mass is 149 g/mol. The molecule has 0 fully saturated rings. The number of hydrogen-bond acceptors (Lipinski definition) is 2. The third kappa shape index (κ3) is 2.85. The predicted molar refractivity (Wildman–Crippen MR) is 41.5 cm³/mol. The molecule has 57 valence electrons. The highest BCUT2D eigenvalue weighted by Gasteiger charge is 1.93. The van der Waals surface area contributed by atoms with Gasteiger partial charge >= 0.3 is 0 Å². The molecule has 1 aromatic rings. The summed E-state index contributed by atoms with van der Waals surface area (Å²) in [4.78, 5) is 10.5. The molecule has 0 unspecified atom stereocenters. The Hall–Kier alpha value is -1.31. The minimum absolute atomic E-state index is 0.0258. The molecule has 0 saturated heterocycles. The Balaban J connectivity index is 2.45. The quantitative estimate of drug-likeness (QED) is 0.650. The first-order valence-corrected chi connectivity index (χ1v) is 3.37. The average molecular weight is 149 g/mol. The van der Waals surface area contributed by atoms with E-state index in [4.69, 9.17) is 4.74 Å². The van der Waals surface area contributed by atoms with E-state index in [1.54, 1.807) is 24.3 Å². The fourth-order valence-corrected chi connectivity index (χ4v) is 0.653. The number of hydrogen-bond donors (Lipinski definition) is 0. The van der Waals surface area contributed by atoms with E-state index in [0.29, 0.717) is 5.75 Å². The predicted octanol–water partition coefficient (Wildman–Crippen LogP) is 1.45. The van der Waals surface area contributed by atoms with Crippen molar-refractivity contribution in [3.8, 4) is 5.75 Å². The first kappa shape index (κ1) is 7.79. The Bertz CT molecular complexity index is 229. The van der Waals surface area contributed by atoms with Crippen LogP contribution in [0, 0.1) is 6.07 Å². The van der Waals surface area contributed by atoms with Gasteiger partial charge in [-0.25, -0.2) is 0 Å². The zero-order chi connectivity index (χ0) is 8.10. The van der Waals surface area contributed by atoms with Crippen molar-refractivity contribution in [1.82, 2.24) is 0 Å². The second-order valence-electron chi connectivity index (χ2n) is 2.23. The number of rotatable bonds is 3. The van der Waals surface area contributed by atoms with Gasteiger partial charge < -0.3 is 4.74 Å². The molecule has 0 atom stereocenters. The van der Waals surface area contributed by atoms with E-state index in [1.165, 1.54) is 6.92 Å². The van der Waals surface area contributed by atoms with Gasteiger partial charge in [0.25, 0.3) is 0 Å². The summed E-state index contributed by atoms with van der Waals surface area (Å²) in [6.07, 6.45) is 0. The first-order chi connectivity index (χ1) is 5.29. The zero-order valence-electron chi connectivity index (χ0n) is 6.33. The summed E-state index contributed by atoms with van der Waals surface area (Å²) in [5, 5.41) is 0. The van der Waals surface area contributed by atoms with Gasteiger partial charge in [-0.15, -0.1) is 0 Å². The van der Waals surface area contributed by atoms with Crippen LogP contribution in [0.15, 0.2) is 24.3 Å². The van der Waals surface area contributed by atoms with E-state index in [0.717, 1.165) is 0 Å². The van der Waals surface area contributed by atoms with Crippen LogP contribution in [0.1, 0.15) is 6.92 Å². The molecule has 1 rings (SSSR count). The second-order valence-corrected chi connectivity index (χ2v) is 2.23. The minimum Gasteiger partial charge on any atom is -0.486 e. The standard InChI is InChI=1S/C9H9O2/c1-8(10)7-11-9-5-3-2-4-6-9/h3-6H,7H2,1H3. The van der Waals surface area contributed by atoms with Crippen LogP contribution in [0.5, 0.6) is 5.75 Å². The maximum atomic E-state index is 10.5.